The Labute approximate surface area is 206 Å². The lowest BCUT2D eigenvalue weighted by atomic mass is 10.1. The molecule has 0 aliphatic carbocycles. The average molecular weight is 482 g/mol. The van der Waals surface area contributed by atoms with Crippen LogP contribution in [-0.4, -0.2) is 33.2 Å². The molecule has 1 N–H and O–H groups in total. The first-order valence-corrected chi connectivity index (χ1v) is 11.0. The highest BCUT2D eigenvalue weighted by Crippen LogP contribution is 2.25. The van der Waals surface area contributed by atoms with Crippen molar-refractivity contribution < 1.29 is 19.2 Å². The van der Waals surface area contributed by atoms with E-state index in [-0.39, 0.29) is 5.69 Å². The Morgan fingerprint density at radius 1 is 1.03 bits per heavy atom. The standard InChI is InChI=1S/C27H22N4O5/c1-19-7-12-21(13-8-19)24-17-25(30(29-24)22-5-3-2-4-6-22)28-26(32)18-36-27(33)16-11-20-9-14-23(15-10-20)31(34)35/h2-17H,18H2,1H3,(H,28,32). The molecule has 1 aromatic heterocycles. The third-order valence-electron chi connectivity index (χ3n) is 5.19. The number of anilines is 1. The molecule has 0 bridgehead atoms. The van der Waals surface area contributed by atoms with Crippen LogP contribution in [0.2, 0.25) is 0 Å². The molecule has 0 aliphatic heterocycles. The molecular formula is C27H22N4O5. The summed E-state index contributed by atoms with van der Waals surface area (Å²) in [5, 5.41) is 18.1. The monoisotopic (exact) mass is 482 g/mol. The first-order chi connectivity index (χ1) is 17.4. The highest BCUT2D eigenvalue weighted by molar-refractivity contribution is 5.94. The van der Waals surface area contributed by atoms with E-state index in [4.69, 9.17) is 4.74 Å². The zero-order valence-corrected chi connectivity index (χ0v) is 19.3. The third-order valence-corrected chi connectivity index (χ3v) is 5.19. The lowest BCUT2D eigenvalue weighted by Gasteiger charge is -2.08. The fraction of sp³-hybridized carbons (Fsp3) is 0.0741. The number of nitrogens with one attached hydrogen (secondary N) is 1. The largest absolute Gasteiger partial charge is 0.452 e. The van der Waals surface area contributed by atoms with Crippen molar-refractivity contribution in [2.45, 2.75) is 6.92 Å². The number of rotatable bonds is 8. The second kappa shape index (κ2) is 10.9. The zero-order chi connectivity index (χ0) is 25.5. The van der Waals surface area contributed by atoms with Gasteiger partial charge in [-0.15, -0.1) is 0 Å². The Bertz CT molecular complexity index is 1410. The molecule has 1 amide bonds. The predicted molar refractivity (Wildman–Crippen MR) is 135 cm³/mol. The molecule has 4 rings (SSSR count). The van der Waals surface area contributed by atoms with Crippen molar-refractivity contribution in [2.24, 2.45) is 0 Å². The SMILES string of the molecule is Cc1ccc(-c2cc(NC(=O)COC(=O)C=Cc3ccc([N+](=O)[O-])cc3)n(-c3ccccc3)n2)cc1. The molecule has 180 valence electrons. The van der Waals surface area contributed by atoms with Gasteiger partial charge in [-0.1, -0.05) is 48.0 Å². The second-order valence-corrected chi connectivity index (χ2v) is 7.87. The van der Waals surface area contributed by atoms with Crippen LogP contribution in [0, 0.1) is 17.0 Å². The van der Waals surface area contributed by atoms with Gasteiger partial charge in [0.2, 0.25) is 0 Å². The van der Waals surface area contributed by atoms with E-state index in [1.807, 2.05) is 61.5 Å². The Morgan fingerprint density at radius 2 is 1.72 bits per heavy atom. The van der Waals surface area contributed by atoms with Crippen LogP contribution >= 0.6 is 0 Å². The lowest BCUT2D eigenvalue weighted by molar-refractivity contribution is -0.384. The minimum Gasteiger partial charge on any atom is -0.452 e. The van der Waals surface area contributed by atoms with Crippen LogP contribution < -0.4 is 5.32 Å². The number of benzene rings is 3. The molecule has 0 fully saturated rings. The van der Waals surface area contributed by atoms with Gasteiger partial charge in [0.15, 0.2) is 6.61 Å². The maximum Gasteiger partial charge on any atom is 0.331 e. The Kier molecular flexibility index (Phi) is 7.30. The number of nitro benzene ring substituents is 1. The number of ether oxygens (including phenoxy) is 1. The molecule has 0 aliphatic rings. The number of nitro groups is 1. The van der Waals surface area contributed by atoms with E-state index in [1.54, 1.807) is 10.7 Å². The summed E-state index contributed by atoms with van der Waals surface area (Å²) in [5.41, 5.74) is 3.99. The van der Waals surface area contributed by atoms with Gasteiger partial charge in [0.05, 0.1) is 16.3 Å². The number of nitrogens with zero attached hydrogens (tertiary/aromatic N) is 3. The molecule has 0 saturated heterocycles. The highest BCUT2D eigenvalue weighted by atomic mass is 16.6. The normalized spacial score (nSPS) is 10.8. The number of carbonyl (C=O) groups excluding carboxylic acids is 2. The Morgan fingerprint density at radius 3 is 2.39 bits per heavy atom. The van der Waals surface area contributed by atoms with Crippen LogP contribution in [0.5, 0.6) is 0 Å². The van der Waals surface area contributed by atoms with Gasteiger partial charge < -0.3 is 10.1 Å². The summed E-state index contributed by atoms with van der Waals surface area (Å²) in [6.07, 6.45) is 2.60. The molecule has 0 atom stereocenters. The van der Waals surface area contributed by atoms with Gasteiger partial charge in [-0.25, -0.2) is 9.48 Å². The van der Waals surface area contributed by atoms with Crippen molar-refractivity contribution in [2.75, 3.05) is 11.9 Å². The minimum atomic E-state index is -0.722. The summed E-state index contributed by atoms with van der Waals surface area (Å²) in [6.45, 7) is 1.50. The molecule has 3 aromatic carbocycles. The number of hydrogen-bond acceptors (Lipinski definition) is 6. The van der Waals surface area contributed by atoms with E-state index in [2.05, 4.69) is 10.4 Å². The van der Waals surface area contributed by atoms with E-state index in [9.17, 15) is 19.7 Å². The first-order valence-electron chi connectivity index (χ1n) is 11.0. The molecule has 1 heterocycles. The Balaban J connectivity index is 1.42. The zero-order valence-electron chi connectivity index (χ0n) is 19.3. The summed E-state index contributed by atoms with van der Waals surface area (Å²) in [4.78, 5) is 34.8. The smallest absolute Gasteiger partial charge is 0.331 e. The van der Waals surface area contributed by atoms with Gasteiger partial charge in [-0.3, -0.25) is 14.9 Å². The fourth-order valence-electron chi connectivity index (χ4n) is 3.34. The molecule has 0 unspecified atom stereocenters. The third kappa shape index (κ3) is 6.09. The highest BCUT2D eigenvalue weighted by Gasteiger charge is 2.15. The van der Waals surface area contributed by atoms with Crippen LogP contribution in [0.4, 0.5) is 11.5 Å². The fourth-order valence-corrected chi connectivity index (χ4v) is 3.34. The number of esters is 1. The Hall–Kier alpha value is -5.05. The second-order valence-electron chi connectivity index (χ2n) is 7.87. The van der Waals surface area contributed by atoms with E-state index in [1.165, 1.54) is 30.3 Å². The summed E-state index contributed by atoms with van der Waals surface area (Å²) >= 11 is 0. The van der Waals surface area contributed by atoms with Gasteiger partial charge >= 0.3 is 5.97 Å². The van der Waals surface area contributed by atoms with Crippen LogP contribution in [0.1, 0.15) is 11.1 Å². The molecule has 0 spiro atoms. The predicted octanol–water partition coefficient (Wildman–Crippen LogP) is 4.95. The molecule has 9 heteroatoms. The maximum atomic E-state index is 12.5. The summed E-state index contributed by atoms with van der Waals surface area (Å²) in [5.74, 6) is -0.820. The molecular weight excluding hydrogens is 460 g/mol. The number of amides is 1. The summed E-state index contributed by atoms with van der Waals surface area (Å²) in [6, 6.07) is 24.7. The van der Waals surface area contributed by atoms with Crippen molar-refractivity contribution in [3.05, 3.63) is 112 Å². The quantitative estimate of drug-likeness (QED) is 0.164. The van der Waals surface area contributed by atoms with Crippen molar-refractivity contribution in [1.29, 1.82) is 0 Å². The van der Waals surface area contributed by atoms with E-state index < -0.39 is 23.4 Å². The van der Waals surface area contributed by atoms with Gasteiger partial charge in [-0.2, -0.15) is 5.10 Å². The number of hydrogen-bond donors (Lipinski definition) is 1. The van der Waals surface area contributed by atoms with Gasteiger partial charge in [0.1, 0.15) is 5.82 Å². The van der Waals surface area contributed by atoms with Crippen LogP contribution in [0.15, 0.2) is 91.0 Å². The van der Waals surface area contributed by atoms with Crippen LogP contribution in [0.3, 0.4) is 0 Å². The van der Waals surface area contributed by atoms with Gasteiger partial charge in [0.25, 0.3) is 11.6 Å². The maximum absolute atomic E-state index is 12.5. The molecule has 9 nitrogen and oxygen atoms in total. The number of aromatic nitrogens is 2. The molecule has 36 heavy (non-hydrogen) atoms. The van der Waals surface area contributed by atoms with Crippen molar-refractivity contribution in [3.8, 4) is 16.9 Å². The van der Waals surface area contributed by atoms with Crippen molar-refractivity contribution >= 4 is 29.5 Å². The minimum absolute atomic E-state index is 0.0494. The van der Waals surface area contributed by atoms with Crippen molar-refractivity contribution in [3.63, 3.8) is 0 Å². The lowest BCUT2D eigenvalue weighted by Crippen LogP contribution is -2.21. The molecule has 4 aromatic rings. The van der Waals surface area contributed by atoms with Gasteiger partial charge in [-0.05, 0) is 42.8 Å². The van der Waals surface area contributed by atoms with E-state index in [0.717, 1.165) is 22.9 Å². The number of para-hydroxylation sites is 1. The van der Waals surface area contributed by atoms with Crippen molar-refractivity contribution in [1.82, 2.24) is 9.78 Å². The topological polar surface area (TPSA) is 116 Å². The molecule has 0 radical (unpaired) electrons. The van der Waals surface area contributed by atoms with E-state index in [0.29, 0.717) is 17.1 Å². The van der Waals surface area contributed by atoms with Gasteiger partial charge in [0, 0.05) is 29.8 Å². The number of non-ortho nitro benzene ring substituents is 1. The van der Waals surface area contributed by atoms with E-state index >= 15 is 0 Å². The first kappa shape index (κ1) is 24.1. The summed E-state index contributed by atoms with van der Waals surface area (Å²) < 4.78 is 6.65. The average Bonchev–Trinajstić information content (AvgIpc) is 3.31. The summed E-state index contributed by atoms with van der Waals surface area (Å²) in [7, 11) is 0. The van der Waals surface area contributed by atoms with Crippen LogP contribution in [-0.2, 0) is 14.3 Å². The number of aryl methyl sites for hydroxylation is 1. The number of carbonyl (C=O) groups is 2. The molecule has 0 saturated carbocycles. The van der Waals surface area contributed by atoms with Crippen LogP contribution in [0.25, 0.3) is 23.0 Å².